The van der Waals surface area contributed by atoms with Gasteiger partial charge in [-0.05, 0) is 56.1 Å². The van der Waals surface area contributed by atoms with Crippen molar-refractivity contribution in [3.8, 4) is 5.75 Å². The van der Waals surface area contributed by atoms with Crippen molar-refractivity contribution in [2.24, 2.45) is 0 Å². The molecule has 1 aliphatic heterocycles. The third-order valence-corrected chi connectivity index (χ3v) is 6.22. The molecule has 0 spiro atoms. The Balaban J connectivity index is 1.97. The number of carboxylic acids is 1. The van der Waals surface area contributed by atoms with Crippen molar-refractivity contribution in [1.82, 2.24) is 9.80 Å². The standard InChI is InChI=1S/C25H34N2O3/c1-4-5-8-14-26-16-19(3)27(17-18(26)2)24(20-10-9-11-21(28)15-20)22-12-6-7-13-23(22)25(29)30/h6-7,9-13,15,18-19,24,28H,4-5,8,14,16-17H2,1-3H3,(H,29,30)/t18-,19+,24-/m1/s1. The molecule has 1 saturated heterocycles. The largest absolute Gasteiger partial charge is 0.508 e. The summed E-state index contributed by atoms with van der Waals surface area (Å²) >= 11 is 0. The number of nitrogens with zero attached hydrogens (tertiary/aromatic N) is 2. The summed E-state index contributed by atoms with van der Waals surface area (Å²) in [7, 11) is 0. The maximum atomic E-state index is 12.0. The number of hydrogen-bond donors (Lipinski definition) is 2. The van der Waals surface area contributed by atoms with Crippen LogP contribution >= 0.6 is 0 Å². The minimum atomic E-state index is -0.922. The highest BCUT2D eigenvalue weighted by Crippen LogP contribution is 2.36. The SMILES string of the molecule is CCCCCN1C[C@H](C)N([C@H](c2cccc(O)c2)c2ccccc2C(=O)O)C[C@H]1C. The summed E-state index contributed by atoms with van der Waals surface area (Å²) in [5.41, 5.74) is 2.01. The second-order valence-electron chi connectivity index (χ2n) is 8.49. The van der Waals surface area contributed by atoms with Gasteiger partial charge in [-0.3, -0.25) is 9.80 Å². The van der Waals surface area contributed by atoms with E-state index >= 15 is 0 Å². The van der Waals surface area contributed by atoms with Crippen LogP contribution in [0.15, 0.2) is 48.5 Å². The maximum Gasteiger partial charge on any atom is 0.336 e. The lowest BCUT2D eigenvalue weighted by molar-refractivity contribution is 0.0228. The molecule has 5 heteroatoms. The van der Waals surface area contributed by atoms with Crippen LogP contribution in [0, 0.1) is 0 Å². The Kier molecular flexibility index (Phi) is 7.51. The van der Waals surface area contributed by atoms with Gasteiger partial charge in [0.25, 0.3) is 0 Å². The van der Waals surface area contributed by atoms with Gasteiger partial charge < -0.3 is 10.2 Å². The molecule has 0 unspecified atom stereocenters. The number of carbonyl (C=O) groups is 1. The van der Waals surface area contributed by atoms with Gasteiger partial charge in [0, 0.05) is 25.2 Å². The monoisotopic (exact) mass is 410 g/mol. The van der Waals surface area contributed by atoms with Crippen LogP contribution in [0.25, 0.3) is 0 Å². The zero-order valence-electron chi connectivity index (χ0n) is 18.3. The fourth-order valence-corrected chi connectivity index (χ4v) is 4.64. The summed E-state index contributed by atoms with van der Waals surface area (Å²) in [6.45, 7) is 9.61. The Morgan fingerprint density at radius 1 is 1.07 bits per heavy atom. The molecule has 0 aliphatic carbocycles. The summed E-state index contributed by atoms with van der Waals surface area (Å²) in [6.07, 6.45) is 3.68. The molecule has 1 heterocycles. The fourth-order valence-electron chi connectivity index (χ4n) is 4.64. The predicted octanol–water partition coefficient (Wildman–Crippen LogP) is 4.76. The molecular weight excluding hydrogens is 376 g/mol. The smallest absolute Gasteiger partial charge is 0.336 e. The number of carboxylic acid groups (broad SMARTS) is 1. The van der Waals surface area contributed by atoms with E-state index in [4.69, 9.17) is 0 Å². The summed E-state index contributed by atoms with van der Waals surface area (Å²) in [4.78, 5) is 16.9. The first-order chi connectivity index (χ1) is 14.4. The molecule has 0 aromatic heterocycles. The number of piperazine rings is 1. The third kappa shape index (κ3) is 5.02. The summed E-state index contributed by atoms with van der Waals surface area (Å²) < 4.78 is 0. The number of aromatic carboxylic acids is 1. The molecule has 162 valence electrons. The molecule has 5 nitrogen and oxygen atoms in total. The van der Waals surface area contributed by atoms with Gasteiger partial charge in [0.15, 0.2) is 0 Å². The van der Waals surface area contributed by atoms with E-state index in [9.17, 15) is 15.0 Å². The van der Waals surface area contributed by atoms with Gasteiger partial charge in [0.2, 0.25) is 0 Å². The Morgan fingerprint density at radius 3 is 2.53 bits per heavy atom. The van der Waals surface area contributed by atoms with Crippen molar-refractivity contribution < 1.29 is 15.0 Å². The fraction of sp³-hybridized carbons (Fsp3) is 0.480. The number of rotatable bonds is 8. The van der Waals surface area contributed by atoms with Crippen LogP contribution < -0.4 is 0 Å². The number of phenols is 1. The highest BCUT2D eigenvalue weighted by atomic mass is 16.4. The molecule has 1 aliphatic rings. The van der Waals surface area contributed by atoms with E-state index in [1.165, 1.54) is 19.3 Å². The molecule has 0 saturated carbocycles. The van der Waals surface area contributed by atoms with E-state index in [2.05, 4.69) is 30.6 Å². The van der Waals surface area contributed by atoms with Gasteiger partial charge in [-0.1, -0.05) is 50.1 Å². The zero-order valence-corrected chi connectivity index (χ0v) is 18.3. The van der Waals surface area contributed by atoms with Crippen LogP contribution in [0.1, 0.15) is 67.6 Å². The molecule has 0 radical (unpaired) electrons. The van der Waals surface area contributed by atoms with Crippen molar-refractivity contribution in [3.05, 3.63) is 65.2 Å². The summed E-state index contributed by atoms with van der Waals surface area (Å²) in [5.74, 6) is -0.723. The molecule has 3 atom stereocenters. The lowest BCUT2D eigenvalue weighted by Crippen LogP contribution is -2.57. The minimum Gasteiger partial charge on any atom is -0.508 e. The second kappa shape index (κ2) is 10.1. The maximum absolute atomic E-state index is 12.0. The van der Waals surface area contributed by atoms with Crippen molar-refractivity contribution in [3.63, 3.8) is 0 Å². The molecule has 1 fully saturated rings. The average Bonchev–Trinajstić information content (AvgIpc) is 2.72. The van der Waals surface area contributed by atoms with E-state index in [-0.39, 0.29) is 17.8 Å². The number of aromatic hydroxyl groups is 1. The van der Waals surface area contributed by atoms with E-state index in [0.29, 0.717) is 11.6 Å². The molecule has 2 aromatic rings. The minimum absolute atomic E-state index is 0.198. The number of hydrogen-bond acceptors (Lipinski definition) is 4. The Labute approximate surface area is 179 Å². The van der Waals surface area contributed by atoms with Gasteiger partial charge >= 0.3 is 5.97 Å². The molecule has 0 amide bonds. The van der Waals surface area contributed by atoms with Crippen LogP contribution in [0.3, 0.4) is 0 Å². The number of benzene rings is 2. The molecule has 3 rings (SSSR count). The normalized spacial score (nSPS) is 21.4. The summed E-state index contributed by atoms with van der Waals surface area (Å²) in [5, 5.41) is 19.9. The topological polar surface area (TPSA) is 64.0 Å². The van der Waals surface area contributed by atoms with Crippen molar-refractivity contribution >= 4 is 5.97 Å². The second-order valence-corrected chi connectivity index (χ2v) is 8.49. The van der Waals surface area contributed by atoms with Gasteiger partial charge in [-0.15, -0.1) is 0 Å². The Morgan fingerprint density at radius 2 is 1.83 bits per heavy atom. The van der Waals surface area contributed by atoms with E-state index < -0.39 is 5.97 Å². The zero-order chi connectivity index (χ0) is 21.7. The van der Waals surface area contributed by atoms with E-state index in [1.807, 2.05) is 24.3 Å². The van der Waals surface area contributed by atoms with Crippen LogP contribution in [0.5, 0.6) is 5.75 Å². The Hall–Kier alpha value is -2.37. The first-order valence-corrected chi connectivity index (χ1v) is 11.0. The van der Waals surface area contributed by atoms with Gasteiger partial charge in [0.05, 0.1) is 11.6 Å². The third-order valence-electron chi connectivity index (χ3n) is 6.22. The van der Waals surface area contributed by atoms with Crippen LogP contribution in [-0.2, 0) is 0 Å². The van der Waals surface area contributed by atoms with E-state index in [1.54, 1.807) is 24.3 Å². The van der Waals surface area contributed by atoms with Crippen molar-refractivity contribution in [1.29, 1.82) is 0 Å². The lowest BCUT2D eigenvalue weighted by Gasteiger charge is -2.48. The summed E-state index contributed by atoms with van der Waals surface area (Å²) in [6, 6.07) is 14.9. The van der Waals surface area contributed by atoms with Crippen molar-refractivity contribution in [2.45, 2.75) is 58.2 Å². The van der Waals surface area contributed by atoms with Gasteiger partial charge in [-0.25, -0.2) is 4.79 Å². The van der Waals surface area contributed by atoms with Crippen LogP contribution in [0.2, 0.25) is 0 Å². The van der Waals surface area contributed by atoms with Crippen LogP contribution in [-0.4, -0.2) is 57.7 Å². The highest BCUT2D eigenvalue weighted by Gasteiger charge is 2.36. The van der Waals surface area contributed by atoms with Crippen molar-refractivity contribution in [2.75, 3.05) is 19.6 Å². The van der Waals surface area contributed by atoms with Gasteiger partial charge in [0.1, 0.15) is 5.75 Å². The molecule has 2 N–H and O–H groups in total. The molecule has 2 aromatic carbocycles. The molecule has 30 heavy (non-hydrogen) atoms. The lowest BCUT2D eigenvalue weighted by atomic mass is 9.90. The Bertz CT molecular complexity index is 854. The number of phenolic OH excluding ortho intramolecular Hbond substituents is 1. The molecule has 0 bridgehead atoms. The number of unbranched alkanes of at least 4 members (excludes halogenated alkanes) is 2. The van der Waals surface area contributed by atoms with Crippen LogP contribution in [0.4, 0.5) is 0 Å². The van der Waals surface area contributed by atoms with E-state index in [0.717, 1.165) is 30.8 Å². The van der Waals surface area contributed by atoms with Gasteiger partial charge in [-0.2, -0.15) is 0 Å². The quantitative estimate of drug-likeness (QED) is 0.614. The average molecular weight is 411 g/mol. The predicted molar refractivity (Wildman–Crippen MR) is 120 cm³/mol. The first kappa shape index (κ1) is 22.3. The first-order valence-electron chi connectivity index (χ1n) is 11.0. The molecular formula is C25H34N2O3. The highest BCUT2D eigenvalue weighted by molar-refractivity contribution is 5.89.